The second kappa shape index (κ2) is 8.77. The molecule has 8 heteroatoms. The van der Waals surface area contributed by atoms with E-state index < -0.39 is 0 Å². The fourth-order valence-corrected chi connectivity index (χ4v) is 3.40. The van der Waals surface area contributed by atoms with Crippen LogP contribution in [0.3, 0.4) is 0 Å². The molecule has 1 saturated heterocycles. The topological polar surface area (TPSA) is 83.4 Å². The number of anilines is 1. The third-order valence-electron chi connectivity index (χ3n) is 4.58. The Bertz CT molecular complexity index is 774. The van der Waals surface area contributed by atoms with Gasteiger partial charge < -0.3 is 15.1 Å². The van der Waals surface area contributed by atoms with Crippen LogP contribution in [0.2, 0.25) is 0 Å². The Labute approximate surface area is 159 Å². The molecule has 2 amide bonds. The number of pyridine rings is 1. The van der Waals surface area contributed by atoms with Crippen molar-refractivity contribution < 1.29 is 9.59 Å². The highest BCUT2D eigenvalue weighted by molar-refractivity contribution is 6.02. The molecule has 1 N–H and O–H groups in total. The molecule has 27 heavy (non-hydrogen) atoms. The number of hydrogen-bond donors (Lipinski definition) is 1. The number of aromatic nitrogens is 3. The highest BCUT2D eigenvalue weighted by atomic mass is 16.2. The third-order valence-corrected chi connectivity index (χ3v) is 4.58. The molecule has 3 rings (SSSR count). The number of piperidine rings is 1. The lowest BCUT2D eigenvalue weighted by Gasteiger charge is -2.34. The lowest BCUT2D eigenvalue weighted by Crippen LogP contribution is -2.44. The first-order valence-corrected chi connectivity index (χ1v) is 9.18. The van der Waals surface area contributed by atoms with E-state index in [1.165, 1.54) is 0 Å². The van der Waals surface area contributed by atoms with Gasteiger partial charge in [-0.1, -0.05) is 6.07 Å². The van der Waals surface area contributed by atoms with Crippen LogP contribution in [-0.2, 0) is 11.3 Å². The minimum absolute atomic E-state index is 0.0594. The molecule has 1 atom stereocenters. The Morgan fingerprint density at radius 1 is 1.33 bits per heavy atom. The number of nitrogens with one attached hydrogen (secondary N) is 1. The highest BCUT2D eigenvalue weighted by Gasteiger charge is 2.24. The van der Waals surface area contributed by atoms with E-state index >= 15 is 0 Å². The van der Waals surface area contributed by atoms with Gasteiger partial charge >= 0.3 is 0 Å². The Balaban J connectivity index is 1.54. The van der Waals surface area contributed by atoms with Crippen molar-refractivity contribution in [2.24, 2.45) is 5.92 Å². The molecule has 0 bridgehead atoms. The number of nitrogens with zero attached hydrogens (tertiary/aromatic N) is 5. The average Bonchev–Trinajstić information content (AvgIpc) is 3.09. The number of hydrogen-bond acceptors (Lipinski definition) is 5. The van der Waals surface area contributed by atoms with E-state index in [1.54, 1.807) is 41.5 Å². The second-order valence-corrected chi connectivity index (χ2v) is 7.21. The van der Waals surface area contributed by atoms with Crippen LogP contribution in [0.5, 0.6) is 0 Å². The van der Waals surface area contributed by atoms with Crippen molar-refractivity contribution in [3.8, 4) is 0 Å². The summed E-state index contributed by atoms with van der Waals surface area (Å²) in [6.45, 7) is 2.76. The zero-order valence-electron chi connectivity index (χ0n) is 15.8. The molecule has 1 aliphatic heterocycles. The lowest BCUT2D eigenvalue weighted by atomic mass is 9.97. The summed E-state index contributed by atoms with van der Waals surface area (Å²) in [5, 5.41) is 6.94. The summed E-state index contributed by atoms with van der Waals surface area (Å²) >= 11 is 0. The van der Waals surface area contributed by atoms with Gasteiger partial charge in [0.15, 0.2) is 0 Å². The van der Waals surface area contributed by atoms with Gasteiger partial charge in [-0.05, 0) is 45.0 Å². The Hall–Kier alpha value is -2.74. The van der Waals surface area contributed by atoms with Gasteiger partial charge in [0.25, 0.3) is 5.91 Å². The van der Waals surface area contributed by atoms with Crippen LogP contribution in [0.15, 0.2) is 36.8 Å². The molecule has 144 valence electrons. The molecule has 8 nitrogen and oxygen atoms in total. The maximum absolute atomic E-state index is 12.6. The summed E-state index contributed by atoms with van der Waals surface area (Å²) < 4.78 is 1.56. The number of carbonyl (C=O) groups excluding carboxylic acids is 2. The first-order valence-electron chi connectivity index (χ1n) is 9.18. The molecular formula is C19H26N6O2. The lowest BCUT2D eigenvalue weighted by molar-refractivity contribution is -0.134. The Morgan fingerprint density at radius 3 is 2.93 bits per heavy atom. The van der Waals surface area contributed by atoms with Crippen molar-refractivity contribution in [2.75, 3.05) is 39.0 Å². The summed E-state index contributed by atoms with van der Waals surface area (Å²) in [5.74, 6) is 0.275. The van der Waals surface area contributed by atoms with E-state index in [2.05, 4.69) is 34.4 Å². The standard InChI is InChI=1S/C19H26N6O2/c1-23(2)11-15-6-5-9-24(12-15)18(26)14-25-13-16(10-21-25)22-19(27)17-7-3-4-8-20-17/h3-4,7-8,10,13,15H,5-6,9,11-12,14H2,1-2H3,(H,22,27). The first kappa shape index (κ1) is 19.0. The number of likely N-dealkylation sites (tertiary alicyclic amines) is 1. The van der Waals surface area contributed by atoms with Gasteiger partial charge in [-0.3, -0.25) is 19.3 Å². The molecule has 1 unspecified atom stereocenters. The summed E-state index contributed by atoms with van der Waals surface area (Å²) in [5.41, 5.74) is 0.879. The van der Waals surface area contributed by atoms with Crippen molar-refractivity contribution in [1.82, 2.24) is 24.6 Å². The minimum atomic E-state index is -0.302. The molecule has 1 aliphatic rings. The largest absolute Gasteiger partial charge is 0.341 e. The monoisotopic (exact) mass is 370 g/mol. The maximum atomic E-state index is 12.6. The van der Waals surface area contributed by atoms with Crippen LogP contribution in [-0.4, -0.2) is 70.1 Å². The van der Waals surface area contributed by atoms with E-state index in [0.29, 0.717) is 17.3 Å². The van der Waals surface area contributed by atoms with Crippen LogP contribution >= 0.6 is 0 Å². The van der Waals surface area contributed by atoms with E-state index in [-0.39, 0.29) is 18.4 Å². The quantitative estimate of drug-likeness (QED) is 0.829. The smallest absolute Gasteiger partial charge is 0.274 e. The SMILES string of the molecule is CN(C)CC1CCCN(C(=O)Cn2cc(NC(=O)c3ccccn3)cn2)C1. The van der Waals surface area contributed by atoms with Gasteiger partial charge in [-0.2, -0.15) is 5.10 Å². The number of carbonyl (C=O) groups is 2. The van der Waals surface area contributed by atoms with Crippen LogP contribution < -0.4 is 5.32 Å². The maximum Gasteiger partial charge on any atom is 0.274 e. The van der Waals surface area contributed by atoms with Gasteiger partial charge in [0.2, 0.25) is 5.91 Å². The first-order chi connectivity index (χ1) is 13.0. The molecule has 2 aromatic heterocycles. The summed E-state index contributed by atoms with van der Waals surface area (Å²) in [7, 11) is 4.12. The van der Waals surface area contributed by atoms with Gasteiger partial charge in [0.05, 0.1) is 11.9 Å². The van der Waals surface area contributed by atoms with Crippen molar-refractivity contribution >= 4 is 17.5 Å². The number of rotatable bonds is 6. The van der Waals surface area contributed by atoms with Crippen LogP contribution in [0.4, 0.5) is 5.69 Å². The van der Waals surface area contributed by atoms with Crippen molar-refractivity contribution in [1.29, 1.82) is 0 Å². The average molecular weight is 370 g/mol. The Morgan fingerprint density at radius 2 is 2.19 bits per heavy atom. The molecule has 1 fully saturated rings. The fourth-order valence-electron chi connectivity index (χ4n) is 3.40. The predicted molar refractivity (Wildman–Crippen MR) is 102 cm³/mol. The van der Waals surface area contributed by atoms with Crippen LogP contribution in [0.1, 0.15) is 23.3 Å². The zero-order valence-corrected chi connectivity index (χ0v) is 15.8. The van der Waals surface area contributed by atoms with Crippen LogP contribution in [0, 0.1) is 5.92 Å². The van der Waals surface area contributed by atoms with Gasteiger partial charge in [-0.15, -0.1) is 0 Å². The summed E-state index contributed by atoms with van der Waals surface area (Å²) in [6, 6.07) is 5.15. The fraction of sp³-hybridized carbons (Fsp3) is 0.474. The predicted octanol–water partition coefficient (Wildman–Crippen LogP) is 1.33. The van der Waals surface area contributed by atoms with Crippen molar-refractivity contribution in [2.45, 2.75) is 19.4 Å². The molecule has 0 saturated carbocycles. The van der Waals surface area contributed by atoms with E-state index in [4.69, 9.17) is 0 Å². The van der Waals surface area contributed by atoms with Crippen molar-refractivity contribution in [3.05, 3.63) is 42.5 Å². The molecule has 0 aromatic carbocycles. The van der Waals surface area contributed by atoms with Crippen molar-refractivity contribution in [3.63, 3.8) is 0 Å². The third kappa shape index (κ3) is 5.37. The molecule has 0 spiro atoms. The summed E-state index contributed by atoms with van der Waals surface area (Å²) in [4.78, 5) is 32.8. The molecule has 3 heterocycles. The zero-order chi connectivity index (χ0) is 19.2. The highest BCUT2D eigenvalue weighted by Crippen LogP contribution is 2.17. The number of amides is 2. The molecule has 2 aromatic rings. The normalized spacial score (nSPS) is 17.1. The van der Waals surface area contributed by atoms with Gasteiger partial charge in [0, 0.05) is 32.0 Å². The minimum Gasteiger partial charge on any atom is -0.341 e. The van der Waals surface area contributed by atoms with E-state index in [0.717, 1.165) is 32.5 Å². The molecular weight excluding hydrogens is 344 g/mol. The Kier molecular flexibility index (Phi) is 6.18. The van der Waals surface area contributed by atoms with Gasteiger partial charge in [-0.25, -0.2) is 0 Å². The molecule has 0 radical (unpaired) electrons. The van der Waals surface area contributed by atoms with Gasteiger partial charge in [0.1, 0.15) is 12.2 Å². The van der Waals surface area contributed by atoms with Crippen LogP contribution in [0.25, 0.3) is 0 Å². The molecule has 0 aliphatic carbocycles. The van der Waals surface area contributed by atoms with E-state index in [1.807, 2.05) is 4.90 Å². The summed E-state index contributed by atoms with van der Waals surface area (Å²) in [6.07, 6.45) is 6.97. The second-order valence-electron chi connectivity index (χ2n) is 7.21. The van der Waals surface area contributed by atoms with E-state index in [9.17, 15) is 9.59 Å².